The smallest absolute Gasteiger partial charge is 0.248 e. The summed E-state index contributed by atoms with van der Waals surface area (Å²) in [5.41, 5.74) is 3.40. The third-order valence-corrected chi connectivity index (χ3v) is 9.80. The monoisotopic (exact) mass is 569 g/mol. The Morgan fingerprint density at radius 1 is 1.10 bits per heavy atom. The van der Waals surface area contributed by atoms with E-state index in [9.17, 15) is 14.7 Å². The number of rotatable bonds is 8. The van der Waals surface area contributed by atoms with Crippen LogP contribution >= 0.6 is 11.6 Å². The molecule has 2 N–H and O–H groups in total. The number of piperazine rings is 1. The van der Waals surface area contributed by atoms with E-state index < -0.39 is 17.7 Å². The number of likely N-dealkylation sites (tertiary alicyclic amines) is 1. The van der Waals surface area contributed by atoms with E-state index in [4.69, 9.17) is 16.7 Å². The fourth-order valence-electron chi connectivity index (χ4n) is 7.00. The minimum atomic E-state index is -0.844. The molecule has 0 bridgehead atoms. The summed E-state index contributed by atoms with van der Waals surface area (Å²) >= 11 is 6.08. The number of piperidine rings is 1. The van der Waals surface area contributed by atoms with Gasteiger partial charge in [0.05, 0.1) is 17.5 Å². The second-order valence-electron chi connectivity index (χ2n) is 12.0. The van der Waals surface area contributed by atoms with Crippen LogP contribution in [0.3, 0.4) is 0 Å². The van der Waals surface area contributed by atoms with Crippen molar-refractivity contribution in [3.63, 3.8) is 0 Å². The fraction of sp³-hybridized carbons (Fsp3) is 0.645. The van der Waals surface area contributed by atoms with Crippen molar-refractivity contribution in [2.24, 2.45) is 5.92 Å². The van der Waals surface area contributed by atoms with Gasteiger partial charge in [0, 0.05) is 42.5 Å². The van der Waals surface area contributed by atoms with Gasteiger partial charge in [-0.05, 0) is 76.1 Å². The molecule has 3 heterocycles. The van der Waals surface area contributed by atoms with Crippen molar-refractivity contribution < 1.29 is 14.7 Å². The molecular weight excluding hydrogens is 526 g/mol. The summed E-state index contributed by atoms with van der Waals surface area (Å²) in [4.78, 5) is 31.9. The van der Waals surface area contributed by atoms with Crippen molar-refractivity contribution in [1.82, 2.24) is 24.9 Å². The number of aliphatic hydroxyl groups excluding tert-OH is 1. The molecule has 1 aromatic carbocycles. The van der Waals surface area contributed by atoms with Gasteiger partial charge in [0.2, 0.25) is 11.8 Å². The Kier molecular flexibility index (Phi) is 8.88. The van der Waals surface area contributed by atoms with Gasteiger partial charge in [-0.3, -0.25) is 14.5 Å². The summed E-state index contributed by atoms with van der Waals surface area (Å²) in [6.45, 7) is 8.96. The van der Waals surface area contributed by atoms with Crippen LogP contribution in [0.5, 0.6) is 0 Å². The molecule has 2 atom stereocenters. The molecule has 0 radical (unpaired) electrons. The zero-order chi connectivity index (χ0) is 28.4. The van der Waals surface area contributed by atoms with E-state index in [0.29, 0.717) is 37.5 Å². The molecule has 1 aliphatic carbocycles. The number of amides is 2. The van der Waals surface area contributed by atoms with Gasteiger partial charge in [-0.15, -0.1) is 0 Å². The first-order valence-electron chi connectivity index (χ1n) is 15.1. The Hall–Kier alpha value is -2.42. The minimum absolute atomic E-state index is 0.0761. The number of hydrogen-bond acceptors (Lipinski definition) is 5. The highest BCUT2D eigenvalue weighted by atomic mass is 35.5. The number of unbranched alkanes of at least 4 members (excludes halogenated alkanes) is 1. The van der Waals surface area contributed by atoms with E-state index in [1.807, 2.05) is 40.8 Å². The van der Waals surface area contributed by atoms with Crippen LogP contribution in [0.15, 0.2) is 24.3 Å². The standard InChI is InChI=1S/C31H44ClN5O3/c1-4-5-17-36-29(39)27(28(38)23-9-7-6-8-10-23)33-30(40)31(36)15-18-35(19-16-31)20-26-21(2)34-37(22(26)3)25-13-11-24(32)12-14-25/h11-14,23,27-28,38H,4-10,15-20H2,1-3H3,(H,33,40)/t27-,28-/m1/s1. The van der Waals surface area contributed by atoms with E-state index in [1.165, 1.54) is 12.0 Å². The van der Waals surface area contributed by atoms with E-state index in [0.717, 1.165) is 62.1 Å². The van der Waals surface area contributed by atoms with Crippen LogP contribution in [0.25, 0.3) is 5.69 Å². The van der Waals surface area contributed by atoms with Gasteiger partial charge in [-0.2, -0.15) is 5.10 Å². The molecular formula is C31H44ClN5O3. The molecule has 1 aromatic heterocycles. The molecule has 3 fully saturated rings. The fourth-order valence-corrected chi connectivity index (χ4v) is 7.12. The molecule has 1 saturated carbocycles. The van der Waals surface area contributed by atoms with E-state index >= 15 is 0 Å². The van der Waals surface area contributed by atoms with Gasteiger partial charge >= 0.3 is 0 Å². The molecule has 3 aliphatic rings. The summed E-state index contributed by atoms with van der Waals surface area (Å²) in [6.07, 6.45) is 7.32. The highest BCUT2D eigenvalue weighted by Crippen LogP contribution is 2.37. The molecule has 9 heteroatoms. The number of halogens is 1. The molecule has 218 valence electrons. The Morgan fingerprint density at radius 3 is 2.42 bits per heavy atom. The molecule has 40 heavy (non-hydrogen) atoms. The number of aromatic nitrogens is 2. The van der Waals surface area contributed by atoms with Gasteiger partial charge in [0.15, 0.2) is 0 Å². The summed E-state index contributed by atoms with van der Waals surface area (Å²) in [7, 11) is 0. The lowest BCUT2D eigenvalue weighted by Crippen LogP contribution is -2.75. The van der Waals surface area contributed by atoms with Gasteiger partial charge < -0.3 is 15.3 Å². The van der Waals surface area contributed by atoms with Gasteiger partial charge in [-0.25, -0.2) is 4.68 Å². The summed E-state index contributed by atoms with van der Waals surface area (Å²) in [5.74, 6) is -0.117. The largest absolute Gasteiger partial charge is 0.390 e. The molecule has 2 amide bonds. The Bertz CT molecular complexity index is 1200. The normalized spacial score (nSPS) is 23.0. The number of aliphatic hydroxyl groups is 1. The highest BCUT2D eigenvalue weighted by Gasteiger charge is 2.55. The van der Waals surface area contributed by atoms with Crippen LogP contribution in [0, 0.1) is 19.8 Å². The van der Waals surface area contributed by atoms with Crippen LogP contribution in [0.4, 0.5) is 0 Å². The molecule has 0 unspecified atom stereocenters. The van der Waals surface area contributed by atoms with Crippen molar-refractivity contribution in [2.45, 2.75) is 103 Å². The van der Waals surface area contributed by atoms with Crippen LogP contribution in [-0.4, -0.2) is 73.8 Å². The van der Waals surface area contributed by atoms with E-state index in [-0.39, 0.29) is 17.7 Å². The van der Waals surface area contributed by atoms with Crippen LogP contribution in [0.1, 0.15) is 81.7 Å². The zero-order valence-electron chi connectivity index (χ0n) is 24.2. The maximum Gasteiger partial charge on any atom is 0.248 e. The summed E-state index contributed by atoms with van der Waals surface area (Å²) in [6, 6.07) is 6.85. The lowest BCUT2D eigenvalue weighted by atomic mass is 9.78. The Labute approximate surface area is 243 Å². The minimum Gasteiger partial charge on any atom is -0.390 e. The van der Waals surface area contributed by atoms with Gasteiger partial charge in [0.25, 0.3) is 0 Å². The number of carbonyl (C=O) groups excluding carboxylic acids is 2. The third kappa shape index (κ3) is 5.55. The third-order valence-electron chi connectivity index (χ3n) is 9.54. The average Bonchev–Trinajstić information content (AvgIpc) is 3.25. The first-order valence-corrected chi connectivity index (χ1v) is 15.5. The summed E-state index contributed by atoms with van der Waals surface area (Å²) < 4.78 is 1.96. The number of aryl methyl sites for hydroxylation is 1. The second-order valence-corrected chi connectivity index (χ2v) is 12.5. The van der Waals surface area contributed by atoms with E-state index in [2.05, 4.69) is 24.1 Å². The molecule has 2 aliphatic heterocycles. The van der Waals surface area contributed by atoms with Crippen molar-refractivity contribution in [2.75, 3.05) is 19.6 Å². The highest BCUT2D eigenvalue weighted by molar-refractivity contribution is 6.30. The zero-order valence-corrected chi connectivity index (χ0v) is 24.9. The molecule has 8 nitrogen and oxygen atoms in total. The van der Waals surface area contributed by atoms with Gasteiger partial charge in [-0.1, -0.05) is 44.2 Å². The van der Waals surface area contributed by atoms with Crippen molar-refractivity contribution >= 4 is 23.4 Å². The second kappa shape index (κ2) is 12.2. The first-order chi connectivity index (χ1) is 19.2. The Morgan fingerprint density at radius 2 is 1.77 bits per heavy atom. The lowest BCUT2D eigenvalue weighted by molar-refractivity contribution is -0.166. The van der Waals surface area contributed by atoms with Crippen LogP contribution in [0.2, 0.25) is 5.02 Å². The number of carbonyl (C=O) groups is 2. The molecule has 2 saturated heterocycles. The van der Waals surface area contributed by atoms with Crippen molar-refractivity contribution in [3.8, 4) is 5.69 Å². The Balaban J connectivity index is 1.30. The number of hydrogen-bond donors (Lipinski definition) is 2. The maximum absolute atomic E-state index is 13.9. The molecule has 5 rings (SSSR count). The number of nitrogens with zero attached hydrogens (tertiary/aromatic N) is 4. The summed E-state index contributed by atoms with van der Waals surface area (Å²) in [5, 5.41) is 19.7. The SMILES string of the molecule is CCCCN1C(=O)[C@@H]([C@H](O)C2CCCCC2)NC(=O)C12CCN(Cc1c(C)nn(-c3ccc(Cl)cc3)c1C)CC2. The topological polar surface area (TPSA) is 90.7 Å². The predicted molar refractivity (Wildman–Crippen MR) is 156 cm³/mol. The predicted octanol–water partition coefficient (Wildman–Crippen LogP) is 4.55. The van der Waals surface area contributed by atoms with Crippen LogP contribution < -0.4 is 5.32 Å². The first kappa shape index (κ1) is 29.1. The average molecular weight is 570 g/mol. The lowest BCUT2D eigenvalue weighted by Gasteiger charge is -2.52. The van der Waals surface area contributed by atoms with Gasteiger partial charge in [0.1, 0.15) is 11.6 Å². The maximum atomic E-state index is 13.9. The van der Waals surface area contributed by atoms with Crippen molar-refractivity contribution in [1.29, 1.82) is 0 Å². The van der Waals surface area contributed by atoms with E-state index in [1.54, 1.807) is 0 Å². The quantitative estimate of drug-likeness (QED) is 0.487. The van der Waals surface area contributed by atoms with Crippen molar-refractivity contribution in [3.05, 3.63) is 46.2 Å². The number of benzene rings is 1. The molecule has 1 spiro atoms. The molecule has 2 aromatic rings. The number of nitrogens with one attached hydrogen (secondary N) is 1. The van der Waals surface area contributed by atoms with Crippen LogP contribution in [-0.2, 0) is 16.1 Å².